The van der Waals surface area contributed by atoms with Gasteiger partial charge in [-0.1, -0.05) is 30.0 Å². The molecule has 0 atom stereocenters. The van der Waals surface area contributed by atoms with Crippen molar-refractivity contribution in [3.8, 4) is 5.75 Å². The van der Waals surface area contributed by atoms with E-state index in [0.29, 0.717) is 12.4 Å². The van der Waals surface area contributed by atoms with E-state index in [1.54, 1.807) is 0 Å². The molecule has 1 saturated heterocycles. The number of anilines is 1. The smallest absolute Gasteiger partial charge is 0.234 e. The lowest BCUT2D eigenvalue weighted by atomic mass is 10.3. The number of ether oxygens (including phenoxy) is 1. The van der Waals surface area contributed by atoms with Crippen LogP contribution in [0.3, 0.4) is 0 Å². The normalized spacial score (nSPS) is 15.2. The number of piperazine rings is 1. The molecule has 6 nitrogen and oxygen atoms in total. The Bertz CT molecular complexity index is 803. The van der Waals surface area contributed by atoms with E-state index in [4.69, 9.17) is 9.73 Å². The Labute approximate surface area is 176 Å². The van der Waals surface area contributed by atoms with E-state index in [-0.39, 0.29) is 5.91 Å². The molecular weight excluding hydrogens is 384 g/mol. The van der Waals surface area contributed by atoms with Crippen LogP contribution < -0.4 is 10.1 Å². The van der Waals surface area contributed by atoms with Gasteiger partial charge in [0, 0.05) is 31.9 Å². The molecule has 154 valence electrons. The number of amides is 1. The quantitative estimate of drug-likeness (QED) is 0.579. The molecule has 1 N–H and O–H groups in total. The number of nitrogens with zero attached hydrogens (tertiary/aromatic N) is 3. The van der Waals surface area contributed by atoms with E-state index in [0.717, 1.165) is 48.5 Å². The summed E-state index contributed by atoms with van der Waals surface area (Å²) < 4.78 is 5.43. The number of hydrogen-bond donors (Lipinski definition) is 1. The van der Waals surface area contributed by atoms with Crippen LogP contribution >= 0.6 is 11.8 Å². The molecule has 0 radical (unpaired) electrons. The van der Waals surface area contributed by atoms with Gasteiger partial charge >= 0.3 is 0 Å². The number of amidine groups is 1. The molecule has 7 heteroatoms. The van der Waals surface area contributed by atoms with Crippen molar-refractivity contribution in [3.05, 3.63) is 54.6 Å². The summed E-state index contributed by atoms with van der Waals surface area (Å²) >= 11 is 1.48. The molecule has 0 bridgehead atoms. The number of nitrogens with one attached hydrogen (secondary N) is 1. The lowest BCUT2D eigenvalue weighted by molar-refractivity contribution is -0.113. The Kier molecular flexibility index (Phi) is 7.95. The molecule has 0 saturated carbocycles. The molecule has 1 fully saturated rings. The van der Waals surface area contributed by atoms with Crippen LogP contribution in [-0.4, -0.2) is 66.5 Å². The third kappa shape index (κ3) is 6.80. The summed E-state index contributed by atoms with van der Waals surface area (Å²) in [7, 11) is 2.13. The molecule has 3 rings (SSSR count). The maximum absolute atomic E-state index is 12.5. The van der Waals surface area contributed by atoms with Crippen molar-refractivity contribution in [2.24, 2.45) is 4.99 Å². The van der Waals surface area contributed by atoms with Crippen molar-refractivity contribution in [3.63, 3.8) is 0 Å². The highest BCUT2D eigenvalue weighted by molar-refractivity contribution is 8.14. The van der Waals surface area contributed by atoms with Gasteiger partial charge in [-0.25, -0.2) is 4.99 Å². The number of carbonyl (C=O) groups is 1. The van der Waals surface area contributed by atoms with E-state index in [2.05, 4.69) is 22.2 Å². The van der Waals surface area contributed by atoms with Gasteiger partial charge in [0.25, 0.3) is 0 Å². The minimum Gasteiger partial charge on any atom is -0.494 e. The monoisotopic (exact) mass is 412 g/mol. The van der Waals surface area contributed by atoms with Crippen LogP contribution in [-0.2, 0) is 4.79 Å². The molecule has 29 heavy (non-hydrogen) atoms. The molecule has 1 amide bonds. The fourth-order valence-electron chi connectivity index (χ4n) is 2.93. The van der Waals surface area contributed by atoms with Gasteiger partial charge in [0.05, 0.1) is 18.0 Å². The lowest BCUT2D eigenvalue weighted by Gasteiger charge is -2.34. The van der Waals surface area contributed by atoms with Crippen LogP contribution in [0.15, 0.2) is 59.6 Å². The summed E-state index contributed by atoms with van der Waals surface area (Å²) in [5, 5.41) is 3.84. The predicted molar refractivity (Wildman–Crippen MR) is 121 cm³/mol. The fourth-order valence-corrected chi connectivity index (χ4v) is 3.80. The van der Waals surface area contributed by atoms with E-state index >= 15 is 0 Å². The molecule has 0 unspecified atom stereocenters. The number of rotatable bonds is 6. The third-order valence-corrected chi connectivity index (χ3v) is 5.55. The number of thioether (sulfide) groups is 1. The highest BCUT2D eigenvalue weighted by atomic mass is 32.2. The first-order chi connectivity index (χ1) is 14.1. The minimum atomic E-state index is -0.0472. The second-order valence-electron chi connectivity index (χ2n) is 6.81. The predicted octanol–water partition coefficient (Wildman–Crippen LogP) is 3.69. The maximum Gasteiger partial charge on any atom is 0.234 e. The van der Waals surface area contributed by atoms with Gasteiger partial charge in [-0.05, 0) is 50.4 Å². The van der Waals surface area contributed by atoms with E-state index in [1.807, 2.05) is 61.5 Å². The number of aliphatic imine (C=N–C) groups is 1. The fraction of sp³-hybridized carbons (Fsp3) is 0.364. The van der Waals surface area contributed by atoms with Crippen LogP contribution in [0.5, 0.6) is 5.75 Å². The van der Waals surface area contributed by atoms with E-state index in [9.17, 15) is 4.79 Å². The molecule has 1 aliphatic rings. The summed E-state index contributed by atoms with van der Waals surface area (Å²) in [6, 6.07) is 17.3. The van der Waals surface area contributed by atoms with Crippen molar-refractivity contribution in [1.82, 2.24) is 9.80 Å². The minimum absolute atomic E-state index is 0.0472. The second-order valence-corrected chi connectivity index (χ2v) is 7.76. The first kappa shape index (κ1) is 21.2. The topological polar surface area (TPSA) is 57.2 Å². The van der Waals surface area contributed by atoms with Crippen molar-refractivity contribution >= 4 is 34.2 Å². The van der Waals surface area contributed by atoms with Gasteiger partial charge < -0.3 is 19.9 Å². The summed E-state index contributed by atoms with van der Waals surface area (Å²) in [5.74, 6) is 1.06. The molecule has 2 aromatic rings. The Morgan fingerprint density at radius 2 is 1.76 bits per heavy atom. The largest absolute Gasteiger partial charge is 0.494 e. The average molecular weight is 413 g/mol. The number of hydrogen-bond acceptors (Lipinski definition) is 5. The van der Waals surface area contributed by atoms with Crippen LogP contribution in [0.25, 0.3) is 0 Å². The molecule has 2 aromatic carbocycles. The van der Waals surface area contributed by atoms with Crippen LogP contribution in [0.4, 0.5) is 11.4 Å². The third-order valence-electron chi connectivity index (χ3n) is 4.54. The number of para-hydroxylation sites is 1. The van der Waals surface area contributed by atoms with Crippen LogP contribution in [0.1, 0.15) is 6.92 Å². The summed E-state index contributed by atoms with van der Waals surface area (Å²) in [5.41, 5.74) is 1.67. The van der Waals surface area contributed by atoms with Crippen molar-refractivity contribution in [1.29, 1.82) is 0 Å². The number of benzene rings is 2. The summed E-state index contributed by atoms with van der Waals surface area (Å²) in [4.78, 5) is 21.8. The molecule has 1 aliphatic heterocycles. The zero-order valence-corrected chi connectivity index (χ0v) is 17.8. The standard InChI is InChI=1S/C22H28N4O2S/c1-3-28-20-11-9-19(10-12-20)23-21(27)17-29-22(24-18-7-5-4-6-8-18)26-15-13-25(2)14-16-26/h4-12H,3,13-17H2,1-2H3,(H,23,27). The molecule has 0 aromatic heterocycles. The second kappa shape index (κ2) is 10.9. The van der Waals surface area contributed by atoms with Gasteiger partial charge in [-0.3, -0.25) is 4.79 Å². The highest BCUT2D eigenvalue weighted by Crippen LogP contribution is 2.20. The van der Waals surface area contributed by atoms with Gasteiger partial charge in [0.1, 0.15) is 5.75 Å². The highest BCUT2D eigenvalue weighted by Gasteiger charge is 2.19. The van der Waals surface area contributed by atoms with Gasteiger partial charge in [0.2, 0.25) is 5.91 Å². The van der Waals surface area contributed by atoms with E-state index < -0.39 is 0 Å². The lowest BCUT2D eigenvalue weighted by Crippen LogP contribution is -2.46. The Morgan fingerprint density at radius 1 is 1.07 bits per heavy atom. The first-order valence-corrected chi connectivity index (χ1v) is 10.9. The van der Waals surface area contributed by atoms with Crippen molar-refractivity contribution in [2.45, 2.75) is 6.92 Å². The SMILES string of the molecule is CCOc1ccc(NC(=O)CSC(=Nc2ccccc2)N2CCN(C)CC2)cc1. The van der Waals surface area contributed by atoms with E-state index in [1.165, 1.54) is 11.8 Å². The molecule has 0 spiro atoms. The number of likely N-dealkylation sites (N-methyl/N-ethyl adjacent to an activating group) is 1. The summed E-state index contributed by atoms with van der Waals surface area (Å²) in [6.07, 6.45) is 0. The summed E-state index contributed by atoms with van der Waals surface area (Å²) in [6.45, 7) is 6.38. The van der Waals surface area contributed by atoms with Gasteiger partial charge in [0.15, 0.2) is 5.17 Å². The Balaban J connectivity index is 1.61. The molecular formula is C22H28N4O2S. The Hall–Kier alpha value is -2.51. The van der Waals surface area contributed by atoms with Gasteiger partial charge in [-0.2, -0.15) is 0 Å². The average Bonchev–Trinajstić information content (AvgIpc) is 2.74. The van der Waals surface area contributed by atoms with Gasteiger partial charge in [-0.15, -0.1) is 0 Å². The molecule has 1 heterocycles. The molecule has 0 aliphatic carbocycles. The Morgan fingerprint density at radius 3 is 2.41 bits per heavy atom. The first-order valence-electron chi connectivity index (χ1n) is 9.87. The maximum atomic E-state index is 12.5. The zero-order valence-electron chi connectivity index (χ0n) is 17.0. The van der Waals surface area contributed by atoms with Crippen molar-refractivity contribution < 1.29 is 9.53 Å². The zero-order chi connectivity index (χ0) is 20.5. The van der Waals surface area contributed by atoms with Crippen LogP contribution in [0.2, 0.25) is 0 Å². The van der Waals surface area contributed by atoms with Crippen molar-refractivity contribution in [2.75, 3.05) is 50.9 Å². The number of carbonyl (C=O) groups excluding carboxylic acids is 1. The van der Waals surface area contributed by atoms with Crippen LogP contribution in [0, 0.1) is 0 Å².